The van der Waals surface area contributed by atoms with Crippen molar-refractivity contribution >= 4 is 41.8 Å². The van der Waals surface area contributed by atoms with Crippen molar-refractivity contribution in [1.29, 1.82) is 0 Å². The third-order valence-corrected chi connectivity index (χ3v) is 5.05. The number of rotatable bonds is 4. The molecule has 2 aromatic heterocycles. The van der Waals surface area contributed by atoms with Crippen molar-refractivity contribution < 1.29 is 4.79 Å². The molecular formula is C18H29Cl2N5O. The standard InChI is InChI=1S/C18H27N5O.2ClH/c1-5-13(3)23-17-16(10-20-23)15(9-12(2)21-17)18(24)22-8-6-7-14(11-22)19-4;;/h9-10,13-14,19H,5-8,11H2,1-4H3;2*1H. The first kappa shape index (κ1) is 22.7. The Morgan fingerprint density at radius 3 is 2.81 bits per heavy atom. The number of carbonyl (C=O) groups excluding carboxylic acids is 1. The maximum Gasteiger partial charge on any atom is 0.254 e. The number of carbonyl (C=O) groups is 1. The second kappa shape index (κ2) is 9.53. The molecule has 146 valence electrons. The Kier molecular flexibility index (Phi) is 8.31. The van der Waals surface area contributed by atoms with Gasteiger partial charge in [-0.3, -0.25) is 4.79 Å². The molecular weight excluding hydrogens is 373 g/mol. The van der Waals surface area contributed by atoms with Gasteiger partial charge in [-0.05, 0) is 46.2 Å². The Bertz CT molecular complexity index is 749. The SMILES string of the molecule is CCC(C)n1ncc2c(C(=O)N3CCCC(NC)C3)cc(C)nc21.Cl.Cl. The summed E-state index contributed by atoms with van der Waals surface area (Å²) >= 11 is 0. The molecule has 1 N–H and O–H groups in total. The second-order valence-electron chi connectivity index (χ2n) is 6.77. The molecule has 0 saturated carbocycles. The molecule has 0 spiro atoms. The van der Waals surface area contributed by atoms with Crippen LogP contribution in [0.15, 0.2) is 12.3 Å². The van der Waals surface area contributed by atoms with Crippen LogP contribution >= 0.6 is 24.8 Å². The smallest absolute Gasteiger partial charge is 0.254 e. The predicted molar refractivity (Wildman–Crippen MR) is 110 cm³/mol. The third kappa shape index (κ3) is 4.30. The molecule has 6 nitrogen and oxygen atoms in total. The molecule has 1 saturated heterocycles. The maximum atomic E-state index is 13.1. The third-order valence-electron chi connectivity index (χ3n) is 5.05. The molecule has 3 heterocycles. The van der Waals surface area contributed by atoms with E-state index in [1.807, 2.05) is 29.6 Å². The summed E-state index contributed by atoms with van der Waals surface area (Å²) in [4.78, 5) is 19.7. The zero-order valence-corrected chi connectivity index (χ0v) is 17.5. The van der Waals surface area contributed by atoms with Gasteiger partial charge in [-0.25, -0.2) is 9.67 Å². The number of amides is 1. The van der Waals surface area contributed by atoms with Crippen LogP contribution in [0.1, 0.15) is 55.2 Å². The van der Waals surface area contributed by atoms with E-state index >= 15 is 0 Å². The van der Waals surface area contributed by atoms with E-state index in [1.54, 1.807) is 6.20 Å². The number of aromatic nitrogens is 3. The van der Waals surface area contributed by atoms with Crippen LogP contribution in [0.2, 0.25) is 0 Å². The van der Waals surface area contributed by atoms with E-state index in [1.165, 1.54) is 0 Å². The van der Waals surface area contributed by atoms with Crippen LogP contribution in [0.5, 0.6) is 0 Å². The number of pyridine rings is 1. The molecule has 1 aliphatic rings. The largest absolute Gasteiger partial charge is 0.337 e. The van der Waals surface area contributed by atoms with Gasteiger partial charge in [-0.2, -0.15) is 5.10 Å². The van der Waals surface area contributed by atoms with Crippen LogP contribution in [0.3, 0.4) is 0 Å². The van der Waals surface area contributed by atoms with E-state index in [-0.39, 0.29) is 36.8 Å². The second-order valence-corrected chi connectivity index (χ2v) is 6.77. The summed E-state index contributed by atoms with van der Waals surface area (Å²) in [6.07, 6.45) is 4.93. The van der Waals surface area contributed by atoms with Crippen molar-refractivity contribution in [2.45, 2.75) is 52.1 Å². The minimum absolute atomic E-state index is 0. The first-order chi connectivity index (χ1) is 11.5. The van der Waals surface area contributed by atoms with Gasteiger partial charge in [-0.15, -0.1) is 24.8 Å². The van der Waals surface area contributed by atoms with Crippen LogP contribution < -0.4 is 5.32 Å². The van der Waals surface area contributed by atoms with Gasteiger partial charge in [0.2, 0.25) is 0 Å². The summed E-state index contributed by atoms with van der Waals surface area (Å²) in [6, 6.07) is 2.54. The van der Waals surface area contributed by atoms with E-state index in [9.17, 15) is 4.79 Å². The van der Waals surface area contributed by atoms with Crippen molar-refractivity contribution in [2.24, 2.45) is 0 Å². The van der Waals surface area contributed by atoms with Crippen LogP contribution in [0.25, 0.3) is 11.0 Å². The van der Waals surface area contributed by atoms with Gasteiger partial charge in [0.25, 0.3) is 5.91 Å². The van der Waals surface area contributed by atoms with Gasteiger partial charge in [0, 0.05) is 24.8 Å². The van der Waals surface area contributed by atoms with Crippen LogP contribution in [-0.2, 0) is 0 Å². The van der Waals surface area contributed by atoms with E-state index in [0.29, 0.717) is 6.04 Å². The summed E-state index contributed by atoms with van der Waals surface area (Å²) in [5.41, 5.74) is 2.40. The number of piperidine rings is 1. The molecule has 2 aromatic rings. The molecule has 26 heavy (non-hydrogen) atoms. The van der Waals surface area contributed by atoms with Crippen LogP contribution in [0.4, 0.5) is 0 Å². The molecule has 0 radical (unpaired) electrons. The summed E-state index contributed by atoms with van der Waals surface area (Å²) < 4.78 is 1.94. The number of nitrogens with zero attached hydrogens (tertiary/aromatic N) is 4. The van der Waals surface area contributed by atoms with Crippen molar-refractivity contribution in [3.63, 3.8) is 0 Å². The highest BCUT2D eigenvalue weighted by Gasteiger charge is 2.26. The van der Waals surface area contributed by atoms with E-state index in [0.717, 1.165) is 54.6 Å². The minimum atomic E-state index is 0. The highest BCUT2D eigenvalue weighted by atomic mass is 35.5. The molecule has 3 rings (SSSR count). The lowest BCUT2D eigenvalue weighted by Gasteiger charge is -2.32. The van der Waals surface area contributed by atoms with Gasteiger partial charge in [0.05, 0.1) is 23.2 Å². The molecule has 0 bridgehead atoms. The first-order valence-corrected chi connectivity index (χ1v) is 8.86. The highest BCUT2D eigenvalue weighted by molar-refractivity contribution is 6.05. The van der Waals surface area contributed by atoms with Gasteiger partial charge in [0.15, 0.2) is 5.65 Å². The van der Waals surface area contributed by atoms with Gasteiger partial charge >= 0.3 is 0 Å². The zero-order valence-electron chi connectivity index (χ0n) is 15.9. The number of hydrogen-bond acceptors (Lipinski definition) is 4. The predicted octanol–water partition coefficient (Wildman–Crippen LogP) is 3.38. The lowest BCUT2D eigenvalue weighted by molar-refractivity contribution is 0.0700. The van der Waals surface area contributed by atoms with E-state index in [4.69, 9.17) is 0 Å². The number of likely N-dealkylation sites (N-methyl/N-ethyl adjacent to an activating group) is 1. The number of fused-ring (bicyclic) bond motifs is 1. The molecule has 0 aromatic carbocycles. The number of nitrogens with one attached hydrogen (secondary N) is 1. The monoisotopic (exact) mass is 401 g/mol. The molecule has 1 aliphatic heterocycles. The molecule has 8 heteroatoms. The van der Waals surface area contributed by atoms with Crippen molar-refractivity contribution in [2.75, 3.05) is 20.1 Å². The number of likely N-dealkylation sites (tertiary alicyclic amines) is 1. The highest BCUT2D eigenvalue weighted by Crippen LogP contribution is 2.24. The van der Waals surface area contributed by atoms with E-state index in [2.05, 4.69) is 29.2 Å². The lowest BCUT2D eigenvalue weighted by atomic mass is 10.0. The van der Waals surface area contributed by atoms with Gasteiger partial charge in [-0.1, -0.05) is 6.92 Å². The van der Waals surface area contributed by atoms with Crippen LogP contribution in [-0.4, -0.2) is 51.8 Å². The quantitative estimate of drug-likeness (QED) is 0.852. The maximum absolute atomic E-state index is 13.1. The Hall–Kier alpha value is -1.37. The average Bonchev–Trinajstić information content (AvgIpc) is 3.03. The Morgan fingerprint density at radius 2 is 2.15 bits per heavy atom. The fraction of sp³-hybridized carbons (Fsp3) is 0.611. The summed E-state index contributed by atoms with van der Waals surface area (Å²) in [7, 11) is 1.96. The number of aryl methyl sites for hydroxylation is 1. The Morgan fingerprint density at radius 1 is 1.42 bits per heavy atom. The van der Waals surface area contributed by atoms with Gasteiger partial charge < -0.3 is 10.2 Å². The normalized spacial score (nSPS) is 18.2. The van der Waals surface area contributed by atoms with Crippen molar-refractivity contribution in [3.8, 4) is 0 Å². The lowest BCUT2D eigenvalue weighted by Crippen LogP contribution is -2.47. The fourth-order valence-corrected chi connectivity index (χ4v) is 3.38. The van der Waals surface area contributed by atoms with Crippen molar-refractivity contribution in [1.82, 2.24) is 25.0 Å². The molecule has 1 fully saturated rings. The molecule has 2 unspecified atom stereocenters. The van der Waals surface area contributed by atoms with Gasteiger partial charge in [0.1, 0.15) is 0 Å². The summed E-state index contributed by atoms with van der Waals surface area (Å²) in [6.45, 7) is 7.78. The zero-order chi connectivity index (χ0) is 17.3. The fourth-order valence-electron chi connectivity index (χ4n) is 3.38. The molecule has 0 aliphatic carbocycles. The first-order valence-electron chi connectivity index (χ1n) is 8.86. The average molecular weight is 402 g/mol. The van der Waals surface area contributed by atoms with E-state index < -0.39 is 0 Å². The topological polar surface area (TPSA) is 63.1 Å². The number of hydrogen-bond donors (Lipinski definition) is 1. The molecule has 1 amide bonds. The molecule has 2 atom stereocenters. The minimum Gasteiger partial charge on any atom is -0.337 e. The van der Waals surface area contributed by atoms with Crippen LogP contribution in [0, 0.1) is 6.92 Å². The summed E-state index contributed by atoms with van der Waals surface area (Å²) in [5, 5.41) is 8.65. The Labute approximate surface area is 167 Å². The summed E-state index contributed by atoms with van der Waals surface area (Å²) in [5.74, 6) is 0.0918. The number of halogens is 2. The van der Waals surface area contributed by atoms with Crippen molar-refractivity contribution in [3.05, 3.63) is 23.5 Å². The Balaban J connectivity index is 0.00000169.